The molecular weight excluding hydrogens is 322 g/mol. The van der Waals surface area contributed by atoms with Gasteiger partial charge in [0, 0.05) is 17.9 Å². The van der Waals surface area contributed by atoms with Crippen LogP contribution in [0.4, 0.5) is 0 Å². The normalized spacial score (nSPS) is 18.0. The first-order chi connectivity index (χ1) is 11.6. The van der Waals surface area contributed by atoms with Gasteiger partial charge in [-0.2, -0.15) is 0 Å². The lowest BCUT2D eigenvalue weighted by atomic mass is 9.99. The highest BCUT2D eigenvalue weighted by atomic mass is 32.2. The highest BCUT2D eigenvalue weighted by molar-refractivity contribution is 7.99. The molecule has 1 saturated heterocycles. The van der Waals surface area contributed by atoms with Gasteiger partial charge in [0.2, 0.25) is 5.89 Å². The minimum absolute atomic E-state index is 0.378. The minimum atomic E-state index is -0.378. The largest absolute Gasteiger partial charge is 0.411 e. The first kappa shape index (κ1) is 17.5. The lowest BCUT2D eigenvalue weighted by Crippen LogP contribution is -2.39. The maximum absolute atomic E-state index is 10.2. The summed E-state index contributed by atoms with van der Waals surface area (Å²) in [5.74, 6) is 1.92. The highest BCUT2D eigenvalue weighted by Crippen LogP contribution is 2.26. The van der Waals surface area contributed by atoms with Gasteiger partial charge in [-0.3, -0.25) is 0 Å². The number of β-amino-alcohol motifs (C(OH)–C–C–N with tert-alkyl or cyclic N) is 1. The molecule has 2 heterocycles. The Balaban J connectivity index is 1.49. The van der Waals surface area contributed by atoms with Gasteiger partial charge < -0.3 is 14.4 Å². The average Bonchev–Trinajstić information content (AvgIpc) is 3.04. The molecule has 1 N–H and O–H groups in total. The smallest absolute Gasteiger partial charge is 0.276 e. The highest BCUT2D eigenvalue weighted by Gasteiger charge is 2.19. The van der Waals surface area contributed by atoms with E-state index in [9.17, 15) is 5.11 Å². The van der Waals surface area contributed by atoms with Crippen molar-refractivity contribution in [3.8, 4) is 11.5 Å². The molecule has 1 unspecified atom stereocenters. The standard InChI is InChI=1S/C18H25N3O2S/c1-13-7-9-21(10-8-13)11-15(22)12-24-18-20-19-17(23-18)16-6-4-3-5-14(16)2/h3-6,13,15,22H,7-12H2,1-2H3. The van der Waals surface area contributed by atoms with Gasteiger partial charge in [-0.15, -0.1) is 10.2 Å². The molecule has 1 aromatic carbocycles. The summed E-state index contributed by atoms with van der Waals surface area (Å²) >= 11 is 1.42. The molecule has 0 aliphatic carbocycles. The Kier molecular flexibility index (Phi) is 5.92. The van der Waals surface area contributed by atoms with Crippen LogP contribution in [0.25, 0.3) is 11.5 Å². The van der Waals surface area contributed by atoms with Crippen molar-refractivity contribution in [2.75, 3.05) is 25.4 Å². The maximum atomic E-state index is 10.2. The molecule has 1 aliphatic heterocycles. The third-order valence-electron chi connectivity index (χ3n) is 4.53. The van der Waals surface area contributed by atoms with Crippen molar-refractivity contribution in [2.45, 2.75) is 38.0 Å². The van der Waals surface area contributed by atoms with Crippen molar-refractivity contribution in [1.82, 2.24) is 15.1 Å². The van der Waals surface area contributed by atoms with E-state index in [1.165, 1.54) is 24.6 Å². The zero-order valence-corrected chi connectivity index (χ0v) is 15.1. The molecule has 130 valence electrons. The van der Waals surface area contributed by atoms with Crippen LogP contribution in [0, 0.1) is 12.8 Å². The molecule has 1 atom stereocenters. The van der Waals surface area contributed by atoms with E-state index in [0.29, 0.717) is 16.9 Å². The van der Waals surface area contributed by atoms with E-state index in [0.717, 1.165) is 36.7 Å². The van der Waals surface area contributed by atoms with Gasteiger partial charge in [0.05, 0.1) is 6.10 Å². The van der Waals surface area contributed by atoms with Gasteiger partial charge in [-0.1, -0.05) is 36.9 Å². The maximum Gasteiger partial charge on any atom is 0.276 e. The Morgan fingerprint density at radius 1 is 1.29 bits per heavy atom. The summed E-state index contributed by atoms with van der Waals surface area (Å²) in [5.41, 5.74) is 2.07. The van der Waals surface area contributed by atoms with E-state index in [4.69, 9.17) is 4.42 Å². The summed E-state index contributed by atoms with van der Waals surface area (Å²) in [6.45, 7) is 7.21. The summed E-state index contributed by atoms with van der Waals surface area (Å²) in [6.07, 6.45) is 2.07. The molecular formula is C18H25N3O2S. The number of hydrogen-bond donors (Lipinski definition) is 1. The number of aryl methyl sites for hydroxylation is 1. The monoisotopic (exact) mass is 347 g/mol. The summed E-state index contributed by atoms with van der Waals surface area (Å²) < 4.78 is 5.72. The Morgan fingerprint density at radius 2 is 2.04 bits per heavy atom. The third-order valence-corrected chi connectivity index (χ3v) is 5.49. The average molecular weight is 347 g/mol. The SMILES string of the molecule is Cc1ccccc1-c1nnc(SCC(O)CN2CCC(C)CC2)o1. The minimum Gasteiger partial charge on any atom is -0.411 e. The second-order valence-electron chi connectivity index (χ2n) is 6.64. The Labute approximate surface area is 147 Å². The fourth-order valence-electron chi connectivity index (χ4n) is 2.95. The van der Waals surface area contributed by atoms with Crippen LogP contribution in [0.1, 0.15) is 25.3 Å². The number of thioether (sulfide) groups is 1. The Hall–Kier alpha value is -1.37. The number of hydrogen-bond acceptors (Lipinski definition) is 6. The van der Waals surface area contributed by atoms with Crippen molar-refractivity contribution in [3.05, 3.63) is 29.8 Å². The van der Waals surface area contributed by atoms with Crippen molar-refractivity contribution < 1.29 is 9.52 Å². The molecule has 1 aromatic heterocycles. The van der Waals surface area contributed by atoms with Crippen LogP contribution in [0.15, 0.2) is 33.9 Å². The van der Waals surface area contributed by atoms with Gasteiger partial charge in [-0.25, -0.2) is 0 Å². The van der Waals surface area contributed by atoms with E-state index < -0.39 is 0 Å². The third kappa shape index (κ3) is 4.59. The van der Waals surface area contributed by atoms with E-state index in [-0.39, 0.29) is 6.10 Å². The lowest BCUT2D eigenvalue weighted by molar-refractivity contribution is 0.105. The van der Waals surface area contributed by atoms with Gasteiger partial charge in [0.25, 0.3) is 5.22 Å². The fraction of sp³-hybridized carbons (Fsp3) is 0.556. The van der Waals surface area contributed by atoms with Gasteiger partial charge >= 0.3 is 0 Å². The van der Waals surface area contributed by atoms with Crippen LogP contribution in [0.5, 0.6) is 0 Å². The fourth-order valence-corrected chi connectivity index (χ4v) is 3.63. The van der Waals surface area contributed by atoms with Crippen LogP contribution in [-0.4, -0.2) is 51.7 Å². The van der Waals surface area contributed by atoms with Crippen molar-refractivity contribution in [1.29, 1.82) is 0 Å². The predicted molar refractivity (Wildman–Crippen MR) is 96.0 cm³/mol. The van der Waals surface area contributed by atoms with Crippen molar-refractivity contribution >= 4 is 11.8 Å². The number of aromatic nitrogens is 2. The number of aliphatic hydroxyl groups excluding tert-OH is 1. The quantitative estimate of drug-likeness (QED) is 0.810. The molecule has 2 aromatic rings. The van der Waals surface area contributed by atoms with Crippen LogP contribution in [-0.2, 0) is 0 Å². The molecule has 0 amide bonds. The lowest BCUT2D eigenvalue weighted by Gasteiger charge is -2.31. The predicted octanol–water partition coefficient (Wildman–Crippen LogP) is 3.23. The zero-order chi connectivity index (χ0) is 16.9. The molecule has 24 heavy (non-hydrogen) atoms. The molecule has 0 bridgehead atoms. The zero-order valence-electron chi connectivity index (χ0n) is 14.3. The number of nitrogens with zero attached hydrogens (tertiary/aromatic N) is 3. The summed E-state index contributed by atoms with van der Waals surface area (Å²) in [6, 6.07) is 7.95. The number of likely N-dealkylation sites (tertiary alicyclic amines) is 1. The van der Waals surface area contributed by atoms with Crippen LogP contribution in [0.3, 0.4) is 0 Å². The summed E-state index contributed by atoms with van der Waals surface area (Å²) in [7, 11) is 0. The topological polar surface area (TPSA) is 62.4 Å². The number of rotatable bonds is 6. The van der Waals surface area contributed by atoms with E-state index in [2.05, 4.69) is 22.0 Å². The summed E-state index contributed by atoms with van der Waals surface area (Å²) in [4.78, 5) is 2.35. The van der Waals surface area contributed by atoms with Gasteiger partial charge in [-0.05, 0) is 50.4 Å². The van der Waals surface area contributed by atoms with E-state index in [1.54, 1.807) is 0 Å². The number of benzene rings is 1. The van der Waals surface area contributed by atoms with Crippen LogP contribution < -0.4 is 0 Å². The first-order valence-electron chi connectivity index (χ1n) is 8.54. The van der Waals surface area contributed by atoms with E-state index >= 15 is 0 Å². The summed E-state index contributed by atoms with van der Waals surface area (Å²) in [5, 5.41) is 19.0. The molecule has 3 rings (SSSR count). The number of aliphatic hydroxyl groups is 1. The molecule has 0 radical (unpaired) electrons. The van der Waals surface area contributed by atoms with Crippen molar-refractivity contribution in [3.63, 3.8) is 0 Å². The molecule has 5 nitrogen and oxygen atoms in total. The molecule has 1 aliphatic rings. The van der Waals surface area contributed by atoms with Crippen molar-refractivity contribution in [2.24, 2.45) is 5.92 Å². The molecule has 1 fully saturated rings. The molecule has 6 heteroatoms. The van der Waals surface area contributed by atoms with Gasteiger partial charge in [0.15, 0.2) is 0 Å². The first-order valence-corrected chi connectivity index (χ1v) is 9.53. The van der Waals surface area contributed by atoms with E-state index in [1.807, 2.05) is 31.2 Å². The Morgan fingerprint density at radius 3 is 2.79 bits per heavy atom. The van der Waals surface area contributed by atoms with Crippen LogP contribution in [0.2, 0.25) is 0 Å². The van der Waals surface area contributed by atoms with Crippen LogP contribution >= 0.6 is 11.8 Å². The Bertz CT molecular complexity index is 653. The van der Waals surface area contributed by atoms with Gasteiger partial charge in [0.1, 0.15) is 0 Å². The second-order valence-corrected chi connectivity index (χ2v) is 7.61. The molecule has 0 spiro atoms. The number of piperidine rings is 1. The second kappa shape index (κ2) is 8.14. The molecule has 0 saturated carbocycles.